The molecule has 2 saturated heterocycles. The summed E-state index contributed by atoms with van der Waals surface area (Å²) in [6, 6.07) is 0. The van der Waals surface area contributed by atoms with Crippen LogP contribution in [0.4, 0.5) is 5.82 Å². The minimum atomic E-state index is 0.267. The Morgan fingerprint density at radius 2 is 1.80 bits per heavy atom. The lowest BCUT2D eigenvalue weighted by Gasteiger charge is -2.34. The number of anilines is 1. The van der Waals surface area contributed by atoms with Crippen LogP contribution in [0.1, 0.15) is 25.7 Å². The molecule has 0 unspecified atom stereocenters. The van der Waals surface area contributed by atoms with Crippen molar-refractivity contribution in [1.29, 1.82) is 0 Å². The molecule has 1 aromatic heterocycles. The number of hydrogen-bond acceptors (Lipinski definition) is 4. The van der Waals surface area contributed by atoms with Gasteiger partial charge in [-0.3, -0.25) is 0 Å². The lowest BCUT2D eigenvalue weighted by atomic mass is 9.96. The van der Waals surface area contributed by atoms with Crippen molar-refractivity contribution >= 4 is 29.0 Å². The van der Waals surface area contributed by atoms with Crippen LogP contribution in [0.2, 0.25) is 10.3 Å². The molecule has 20 heavy (non-hydrogen) atoms. The van der Waals surface area contributed by atoms with E-state index < -0.39 is 0 Å². The lowest BCUT2D eigenvalue weighted by molar-refractivity contribution is 0.249. The third-order valence-corrected chi connectivity index (χ3v) is 4.77. The molecule has 1 aromatic rings. The predicted molar refractivity (Wildman–Crippen MR) is 82.7 cm³/mol. The molecule has 0 saturated carbocycles. The molecule has 3 heterocycles. The monoisotopic (exact) mass is 314 g/mol. The molecular formula is C14H20Cl2N4. The molecule has 0 aliphatic carbocycles. The van der Waals surface area contributed by atoms with Crippen molar-refractivity contribution in [2.24, 2.45) is 5.92 Å². The van der Waals surface area contributed by atoms with Gasteiger partial charge in [-0.25, -0.2) is 4.98 Å². The number of aromatic nitrogens is 2. The van der Waals surface area contributed by atoms with Crippen LogP contribution in [0.5, 0.6) is 0 Å². The zero-order valence-electron chi connectivity index (χ0n) is 11.6. The summed E-state index contributed by atoms with van der Waals surface area (Å²) in [5.41, 5.74) is 0. The van der Waals surface area contributed by atoms with Crippen molar-refractivity contribution in [3.63, 3.8) is 0 Å². The average Bonchev–Trinajstić information content (AvgIpc) is 2.95. The molecule has 0 spiro atoms. The van der Waals surface area contributed by atoms with Crippen LogP contribution in [0.15, 0.2) is 6.20 Å². The van der Waals surface area contributed by atoms with Gasteiger partial charge in [0, 0.05) is 19.6 Å². The quantitative estimate of drug-likeness (QED) is 0.802. The van der Waals surface area contributed by atoms with E-state index in [1.54, 1.807) is 6.20 Å². The van der Waals surface area contributed by atoms with E-state index in [-0.39, 0.29) is 5.28 Å². The predicted octanol–water partition coefficient (Wildman–Crippen LogP) is 3.10. The second-order valence-electron chi connectivity index (χ2n) is 5.75. The number of nitrogens with zero attached hydrogens (tertiary/aromatic N) is 4. The van der Waals surface area contributed by atoms with Crippen molar-refractivity contribution in [2.45, 2.75) is 25.7 Å². The van der Waals surface area contributed by atoms with Crippen molar-refractivity contribution in [3.05, 3.63) is 16.5 Å². The van der Waals surface area contributed by atoms with Crippen molar-refractivity contribution in [3.8, 4) is 0 Å². The molecule has 4 nitrogen and oxygen atoms in total. The van der Waals surface area contributed by atoms with E-state index in [1.165, 1.54) is 45.3 Å². The van der Waals surface area contributed by atoms with Gasteiger partial charge in [0.2, 0.25) is 5.28 Å². The highest BCUT2D eigenvalue weighted by molar-refractivity contribution is 6.33. The number of hydrogen-bond donors (Lipinski definition) is 0. The van der Waals surface area contributed by atoms with Crippen LogP contribution >= 0.6 is 23.2 Å². The van der Waals surface area contributed by atoms with Crippen LogP contribution in [-0.4, -0.2) is 47.6 Å². The zero-order chi connectivity index (χ0) is 13.9. The van der Waals surface area contributed by atoms with E-state index in [4.69, 9.17) is 23.2 Å². The minimum absolute atomic E-state index is 0.267. The molecular weight excluding hydrogens is 295 g/mol. The third-order valence-electron chi connectivity index (χ3n) is 4.33. The van der Waals surface area contributed by atoms with Gasteiger partial charge in [-0.15, -0.1) is 0 Å². The molecule has 3 rings (SSSR count). The summed E-state index contributed by atoms with van der Waals surface area (Å²) in [5, 5.41) is 0.857. The van der Waals surface area contributed by atoms with Crippen molar-refractivity contribution in [1.82, 2.24) is 14.9 Å². The fraction of sp³-hybridized carbons (Fsp3) is 0.714. The first-order valence-electron chi connectivity index (χ1n) is 7.38. The highest BCUT2D eigenvalue weighted by Crippen LogP contribution is 2.28. The molecule has 6 heteroatoms. The maximum absolute atomic E-state index is 6.17. The number of rotatable bonds is 3. The summed E-state index contributed by atoms with van der Waals surface area (Å²) in [6.45, 7) is 5.84. The average molecular weight is 315 g/mol. The fourth-order valence-electron chi connectivity index (χ4n) is 3.22. The van der Waals surface area contributed by atoms with Gasteiger partial charge in [-0.2, -0.15) is 4.98 Å². The Labute approximate surface area is 130 Å². The van der Waals surface area contributed by atoms with Gasteiger partial charge in [0.15, 0.2) is 5.82 Å². The van der Waals surface area contributed by atoms with Crippen LogP contribution in [0.25, 0.3) is 0 Å². The number of piperidine rings is 1. The standard InChI is InChI=1S/C14H20Cl2N4/c15-12-9-17-14(16)18-13(12)20-7-3-11(4-8-20)10-19-5-1-2-6-19/h9,11H,1-8,10H2. The Hall–Kier alpha value is -0.580. The van der Waals surface area contributed by atoms with E-state index in [0.29, 0.717) is 5.02 Å². The van der Waals surface area contributed by atoms with Crippen LogP contribution in [0, 0.1) is 5.92 Å². The highest BCUT2D eigenvalue weighted by Gasteiger charge is 2.24. The zero-order valence-corrected chi connectivity index (χ0v) is 13.1. The Bertz CT molecular complexity index is 454. The summed E-state index contributed by atoms with van der Waals surface area (Å²) in [7, 11) is 0. The Morgan fingerprint density at radius 1 is 1.10 bits per heavy atom. The second kappa shape index (κ2) is 6.46. The van der Waals surface area contributed by atoms with Gasteiger partial charge in [-0.1, -0.05) is 11.6 Å². The molecule has 0 N–H and O–H groups in total. The van der Waals surface area contributed by atoms with E-state index in [2.05, 4.69) is 19.8 Å². The number of halogens is 2. The van der Waals surface area contributed by atoms with Gasteiger partial charge < -0.3 is 9.80 Å². The molecule has 2 aliphatic heterocycles. The van der Waals surface area contributed by atoms with E-state index in [0.717, 1.165) is 24.8 Å². The Morgan fingerprint density at radius 3 is 2.50 bits per heavy atom. The first-order valence-corrected chi connectivity index (χ1v) is 8.13. The second-order valence-corrected chi connectivity index (χ2v) is 6.49. The normalized spacial score (nSPS) is 21.6. The SMILES string of the molecule is Clc1ncc(Cl)c(N2CCC(CN3CCCC3)CC2)n1. The minimum Gasteiger partial charge on any atom is -0.355 e. The van der Waals surface area contributed by atoms with Gasteiger partial charge >= 0.3 is 0 Å². The smallest absolute Gasteiger partial charge is 0.224 e. The highest BCUT2D eigenvalue weighted by atomic mass is 35.5. The molecule has 0 bridgehead atoms. The fourth-order valence-corrected chi connectivity index (χ4v) is 3.56. The van der Waals surface area contributed by atoms with E-state index >= 15 is 0 Å². The van der Waals surface area contributed by atoms with Gasteiger partial charge in [-0.05, 0) is 56.3 Å². The maximum atomic E-state index is 6.17. The van der Waals surface area contributed by atoms with Crippen molar-refractivity contribution in [2.75, 3.05) is 37.6 Å². The topological polar surface area (TPSA) is 32.3 Å². The molecule has 0 radical (unpaired) electrons. The van der Waals surface area contributed by atoms with Crippen molar-refractivity contribution < 1.29 is 0 Å². The summed E-state index contributed by atoms with van der Waals surface area (Å²) < 4.78 is 0. The summed E-state index contributed by atoms with van der Waals surface area (Å²) >= 11 is 12.0. The van der Waals surface area contributed by atoms with E-state index in [9.17, 15) is 0 Å². The molecule has 2 fully saturated rings. The summed E-state index contributed by atoms with van der Waals surface area (Å²) in [6.07, 6.45) is 6.73. The first kappa shape index (κ1) is 14.4. The van der Waals surface area contributed by atoms with Gasteiger partial charge in [0.25, 0.3) is 0 Å². The van der Waals surface area contributed by atoms with Crippen LogP contribution in [-0.2, 0) is 0 Å². The van der Waals surface area contributed by atoms with Crippen LogP contribution in [0.3, 0.4) is 0 Å². The summed E-state index contributed by atoms with van der Waals surface area (Å²) in [4.78, 5) is 13.0. The van der Waals surface area contributed by atoms with Crippen LogP contribution < -0.4 is 4.90 Å². The number of likely N-dealkylation sites (tertiary alicyclic amines) is 1. The van der Waals surface area contributed by atoms with Gasteiger partial charge in [0.1, 0.15) is 5.02 Å². The Kier molecular flexibility index (Phi) is 4.64. The van der Waals surface area contributed by atoms with E-state index in [1.807, 2.05) is 0 Å². The first-order chi connectivity index (χ1) is 9.72. The molecule has 110 valence electrons. The lowest BCUT2D eigenvalue weighted by Crippen LogP contribution is -2.38. The molecule has 2 aliphatic rings. The Balaban J connectivity index is 1.56. The third kappa shape index (κ3) is 3.35. The molecule has 0 amide bonds. The largest absolute Gasteiger partial charge is 0.355 e. The molecule has 0 aromatic carbocycles. The van der Waals surface area contributed by atoms with Gasteiger partial charge in [0.05, 0.1) is 6.20 Å². The summed E-state index contributed by atoms with van der Waals surface area (Å²) in [5.74, 6) is 1.59. The molecule has 0 atom stereocenters. The maximum Gasteiger partial charge on any atom is 0.224 e.